The molecule has 8 heteroatoms. The Morgan fingerprint density at radius 2 is 1.77 bits per heavy atom. The number of nitrogens with zero attached hydrogens (tertiary/aromatic N) is 7. The van der Waals surface area contributed by atoms with Gasteiger partial charge in [0.15, 0.2) is 5.82 Å². The normalized spacial score (nSPS) is 10.9. The number of hydrogen-bond donors (Lipinski definition) is 0. The summed E-state index contributed by atoms with van der Waals surface area (Å²) in [7, 11) is 3.95. The van der Waals surface area contributed by atoms with Crippen molar-refractivity contribution in [1.82, 2.24) is 35.3 Å². The monoisotopic (exact) mass is 303 g/mol. The van der Waals surface area contributed by atoms with Crippen LogP contribution >= 0.6 is 0 Å². The summed E-state index contributed by atoms with van der Waals surface area (Å²) in [4.78, 5) is 10.8. The predicted octanol–water partition coefficient (Wildman–Crippen LogP) is 1.01. The molecule has 0 spiro atoms. The van der Waals surface area contributed by atoms with Crippen LogP contribution in [0, 0.1) is 0 Å². The Bertz CT molecular complexity index is 591. The smallest absolute Gasteiger partial charge is 0.336 e. The highest BCUT2D eigenvalue weighted by Crippen LogP contribution is 2.14. The second kappa shape index (κ2) is 8.28. The van der Waals surface area contributed by atoms with E-state index in [1.54, 1.807) is 12.4 Å². The van der Waals surface area contributed by atoms with Crippen molar-refractivity contribution in [2.75, 3.05) is 27.2 Å². The van der Waals surface area contributed by atoms with Gasteiger partial charge in [-0.15, -0.1) is 5.10 Å². The average molecular weight is 303 g/mol. The van der Waals surface area contributed by atoms with E-state index in [-0.39, 0.29) is 6.01 Å². The van der Waals surface area contributed by atoms with Crippen LogP contribution < -0.4 is 4.74 Å². The first-order valence-corrected chi connectivity index (χ1v) is 7.35. The standard InChI is InChI=1S/C14H21N7O/c1-4-5-6-13-17-11(9-15-19-13)12-10-16-20-14(18-12)22-8-7-21(2)3/h9-10H,4-8H2,1-3H3. The predicted molar refractivity (Wildman–Crippen MR) is 81.3 cm³/mol. The van der Waals surface area contributed by atoms with E-state index in [4.69, 9.17) is 4.74 Å². The minimum atomic E-state index is 0.244. The zero-order valence-electron chi connectivity index (χ0n) is 13.2. The van der Waals surface area contributed by atoms with Crippen molar-refractivity contribution >= 4 is 0 Å². The molecule has 2 aromatic heterocycles. The number of hydrogen-bond acceptors (Lipinski definition) is 8. The lowest BCUT2D eigenvalue weighted by molar-refractivity contribution is 0.243. The molecule has 2 heterocycles. The summed E-state index contributed by atoms with van der Waals surface area (Å²) in [6.45, 7) is 3.41. The Kier molecular flexibility index (Phi) is 6.08. The van der Waals surface area contributed by atoms with Crippen molar-refractivity contribution in [1.29, 1.82) is 0 Å². The molecule has 0 aliphatic heterocycles. The van der Waals surface area contributed by atoms with Gasteiger partial charge in [-0.2, -0.15) is 15.2 Å². The maximum absolute atomic E-state index is 5.48. The number of aryl methyl sites for hydroxylation is 1. The maximum atomic E-state index is 5.48. The van der Waals surface area contributed by atoms with Crippen LogP contribution in [0.5, 0.6) is 6.01 Å². The van der Waals surface area contributed by atoms with Gasteiger partial charge >= 0.3 is 6.01 Å². The molecular weight excluding hydrogens is 282 g/mol. The molecule has 0 amide bonds. The van der Waals surface area contributed by atoms with Gasteiger partial charge in [0.1, 0.15) is 18.0 Å². The lowest BCUT2D eigenvalue weighted by Crippen LogP contribution is -2.20. The lowest BCUT2D eigenvalue weighted by Gasteiger charge is -2.09. The first-order chi connectivity index (χ1) is 10.7. The lowest BCUT2D eigenvalue weighted by atomic mass is 10.2. The Hall–Kier alpha value is -2.22. The third-order valence-electron chi connectivity index (χ3n) is 2.93. The van der Waals surface area contributed by atoms with E-state index in [1.807, 2.05) is 19.0 Å². The molecular formula is C14H21N7O. The fourth-order valence-corrected chi connectivity index (χ4v) is 1.70. The Labute approximate surface area is 130 Å². The maximum Gasteiger partial charge on any atom is 0.336 e. The van der Waals surface area contributed by atoms with E-state index in [2.05, 4.69) is 37.3 Å². The topological polar surface area (TPSA) is 89.8 Å². The van der Waals surface area contributed by atoms with Crippen LogP contribution in [0.25, 0.3) is 11.4 Å². The Morgan fingerprint density at radius 3 is 2.50 bits per heavy atom. The molecule has 22 heavy (non-hydrogen) atoms. The molecule has 0 saturated heterocycles. The molecule has 0 aliphatic carbocycles. The van der Waals surface area contributed by atoms with Crippen molar-refractivity contribution < 1.29 is 4.74 Å². The van der Waals surface area contributed by atoms with Gasteiger partial charge in [0, 0.05) is 13.0 Å². The summed E-state index contributed by atoms with van der Waals surface area (Å²) in [6, 6.07) is 0.244. The number of likely N-dealkylation sites (N-methyl/N-ethyl adjacent to an activating group) is 1. The fraction of sp³-hybridized carbons (Fsp3) is 0.571. The van der Waals surface area contributed by atoms with Crippen LogP contribution in [0.4, 0.5) is 0 Å². The number of rotatable bonds is 8. The molecule has 0 bridgehead atoms. The summed E-state index contributed by atoms with van der Waals surface area (Å²) in [5, 5.41) is 15.8. The van der Waals surface area contributed by atoms with Crippen molar-refractivity contribution in [2.45, 2.75) is 26.2 Å². The van der Waals surface area contributed by atoms with E-state index >= 15 is 0 Å². The van der Waals surface area contributed by atoms with Crippen LogP contribution in [-0.4, -0.2) is 62.5 Å². The Balaban J connectivity index is 2.08. The van der Waals surface area contributed by atoms with Crippen molar-refractivity contribution in [3.05, 3.63) is 18.2 Å². The molecule has 0 saturated carbocycles. The van der Waals surface area contributed by atoms with Crippen LogP contribution in [0.2, 0.25) is 0 Å². The summed E-state index contributed by atoms with van der Waals surface area (Å²) in [5.74, 6) is 0.716. The van der Waals surface area contributed by atoms with E-state index in [9.17, 15) is 0 Å². The van der Waals surface area contributed by atoms with Gasteiger partial charge in [-0.1, -0.05) is 18.4 Å². The third kappa shape index (κ3) is 4.96. The largest absolute Gasteiger partial charge is 0.461 e. The number of aromatic nitrogens is 6. The highest BCUT2D eigenvalue weighted by molar-refractivity contribution is 5.50. The minimum absolute atomic E-state index is 0.244. The van der Waals surface area contributed by atoms with Crippen molar-refractivity contribution in [2.24, 2.45) is 0 Å². The van der Waals surface area contributed by atoms with Gasteiger partial charge < -0.3 is 9.64 Å². The quantitative estimate of drug-likeness (QED) is 0.713. The molecule has 0 atom stereocenters. The van der Waals surface area contributed by atoms with E-state index in [0.717, 1.165) is 25.8 Å². The summed E-state index contributed by atoms with van der Waals surface area (Å²) < 4.78 is 5.48. The van der Waals surface area contributed by atoms with Crippen LogP contribution in [0.15, 0.2) is 12.4 Å². The number of ether oxygens (including phenoxy) is 1. The molecule has 0 N–H and O–H groups in total. The van der Waals surface area contributed by atoms with Crippen LogP contribution in [-0.2, 0) is 6.42 Å². The summed E-state index contributed by atoms with van der Waals surface area (Å²) >= 11 is 0. The molecule has 118 valence electrons. The molecule has 0 aromatic carbocycles. The molecule has 2 rings (SSSR count). The molecule has 0 fully saturated rings. The summed E-state index contributed by atoms with van der Waals surface area (Å²) in [5.41, 5.74) is 1.22. The minimum Gasteiger partial charge on any atom is -0.461 e. The van der Waals surface area contributed by atoms with Crippen molar-refractivity contribution in [3.63, 3.8) is 0 Å². The van der Waals surface area contributed by atoms with Crippen LogP contribution in [0.1, 0.15) is 25.6 Å². The van der Waals surface area contributed by atoms with Crippen LogP contribution in [0.3, 0.4) is 0 Å². The first-order valence-electron chi connectivity index (χ1n) is 7.35. The molecule has 0 radical (unpaired) electrons. The molecule has 0 aliphatic rings. The SMILES string of the molecule is CCCCc1nncc(-c2cnnc(OCCN(C)C)n2)n1. The van der Waals surface area contributed by atoms with Gasteiger partial charge in [-0.25, -0.2) is 4.98 Å². The van der Waals surface area contributed by atoms with Gasteiger partial charge in [-0.3, -0.25) is 0 Å². The second-order valence-electron chi connectivity index (χ2n) is 5.14. The van der Waals surface area contributed by atoms with E-state index < -0.39 is 0 Å². The Morgan fingerprint density at radius 1 is 1.05 bits per heavy atom. The molecule has 8 nitrogen and oxygen atoms in total. The third-order valence-corrected chi connectivity index (χ3v) is 2.93. The van der Waals surface area contributed by atoms with E-state index in [1.165, 1.54) is 0 Å². The van der Waals surface area contributed by atoms with Gasteiger partial charge in [0.2, 0.25) is 0 Å². The molecule has 2 aromatic rings. The highest BCUT2D eigenvalue weighted by Gasteiger charge is 2.08. The zero-order valence-corrected chi connectivity index (χ0v) is 13.2. The van der Waals surface area contributed by atoms with Gasteiger partial charge in [-0.05, 0) is 20.5 Å². The molecule has 0 unspecified atom stereocenters. The second-order valence-corrected chi connectivity index (χ2v) is 5.14. The summed E-state index contributed by atoms with van der Waals surface area (Å²) in [6.07, 6.45) is 6.05. The van der Waals surface area contributed by atoms with Gasteiger partial charge in [0.25, 0.3) is 0 Å². The highest BCUT2D eigenvalue weighted by atomic mass is 16.5. The average Bonchev–Trinajstić information content (AvgIpc) is 2.53. The van der Waals surface area contributed by atoms with E-state index in [0.29, 0.717) is 23.8 Å². The van der Waals surface area contributed by atoms with Crippen molar-refractivity contribution in [3.8, 4) is 17.4 Å². The fourth-order valence-electron chi connectivity index (χ4n) is 1.70. The number of unbranched alkanes of at least 4 members (excludes halogenated alkanes) is 1. The zero-order chi connectivity index (χ0) is 15.8. The van der Waals surface area contributed by atoms with Gasteiger partial charge in [0.05, 0.1) is 12.4 Å². The first kappa shape index (κ1) is 16.2.